The summed E-state index contributed by atoms with van der Waals surface area (Å²) in [6, 6.07) is 9.92. The molecule has 29 heavy (non-hydrogen) atoms. The Labute approximate surface area is 170 Å². The highest BCUT2D eigenvalue weighted by atomic mass is 16.5. The number of unbranched alkanes of at least 4 members (excludes halogenated alkanes) is 1. The fraction of sp³-hybridized carbons (Fsp3) is 0.348. The zero-order chi connectivity index (χ0) is 21.0. The maximum Gasteiger partial charge on any atom is 0.295 e. The Morgan fingerprint density at radius 2 is 1.93 bits per heavy atom. The molecular formula is C23H26N2O4. The van der Waals surface area contributed by atoms with Gasteiger partial charge in [-0.3, -0.25) is 14.6 Å². The standard InChI is InChI=1S/C23H26N2O4/c1-4-5-13-25-20(17-7-6-8-18(14-17)29-15(2)3)19(22(27)23(25)28)21(26)16-9-11-24-12-10-16/h6-12,14-15,20,26H,4-5,13H2,1-3H3/b21-19-. The van der Waals surface area contributed by atoms with Crippen LogP contribution in [0.25, 0.3) is 5.76 Å². The first kappa shape index (κ1) is 20.6. The maximum absolute atomic E-state index is 12.9. The van der Waals surface area contributed by atoms with Crippen LogP contribution in [-0.4, -0.2) is 39.3 Å². The summed E-state index contributed by atoms with van der Waals surface area (Å²) in [5.41, 5.74) is 1.28. The molecule has 6 heteroatoms. The van der Waals surface area contributed by atoms with Gasteiger partial charge in [0, 0.05) is 24.5 Å². The number of pyridine rings is 1. The first-order valence-corrected chi connectivity index (χ1v) is 9.89. The molecule has 2 aromatic rings. The topological polar surface area (TPSA) is 79.7 Å². The first-order chi connectivity index (χ1) is 13.9. The number of aromatic nitrogens is 1. The first-order valence-electron chi connectivity index (χ1n) is 9.89. The zero-order valence-corrected chi connectivity index (χ0v) is 17.0. The van der Waals surface area contributed by atoms with Gasteiger partial charge in [-0.25, -0.2) is 0 Å². The van der Waals surface area contributed by atoms with E-state index in [2.05, 4.69) is 4.98 Å². The third kappa shape index (κ3) is 4.31. The van der Waals surface area contributed by atoms with Crippen molar-refractivity contribution in [2.45, 2.75) is 45.8 Å². The van der Waals surface area contributed by atoms with E-state index >= 15 is 0 Å². The molecule has 1 unspecified atom stereocenters. The Balaban J connectivity index is 2.13. The summed E-state index contributed by atoms with van der Waals surface area (Å²) in [6.07, 6.45) is 4.72. The highest BCUT2D eigenvalue weighted by molar-refractivity contribution is 6.46. The molecule has 0 aliphatic carbocycles. The number of ketones is 1. The molecule has 1 N–H and O–H groups in total. The summed E-state index contributed by atoms with van der Waals surface area (Å²) in [7, 11) is 0. The molecule has 3 rings (SSSR count). The van der Waals surface area contributed by atoms with Crippen molar-refractivity contribution in [2.24, 2.45) is 0 Å². The van der Waals surface area contributed by atoms with Gasteiger partial charge >= 0.3 is 0 Å². The summed E-state index contributed by atoms with van der Waals surface area (Å²) in [4.78, 5) is 31.2. The summed E-state index contributed by atoms with van der Waals surface area (Å²) >= 11 is 0. The van der Waals surface area contributed by atoms with Crippen LogP contribution in [0.4, 0.5) is 0 Å². The van der Waals surface area contributed by atoms with E-state index in [4.69, 9.17) is 4.74 Å². The van der Waals surface area contributed by atoms with Crippen LogP contribution >= 0.6 is 0 Å². The number of benzene rings is 1. The second-order valence-corrected chi connectivity index (χ2v) is 7.32. The Bertz CT molecular complexity index is 921. The van der Waals surface area contributed by atoms with Gasteiger partial charge in [0.05, 0.1) is 17.7 Å². The van der Waals surface area contributed by atoms with E-state index in [-0.39, 0.29) is 17.4 Å². The molecule has 1 saturated heterocycles. The molecule has 0 bridgehead atoms. The summed E-state index contributed by atoms with van der Waals surface area (Å²) in [5.74, 6) is -0.794. The van der Waals surface area contributed by atoms with Gasteiger partial charge in [-0.1, -0.05) is 25.5 Å². The number of amides is 1. The van der Waals surface area contributed by atoms with Gasteiger partial charge in [-0.15, -0.1) is 0 Å². The second-order valence-electron chi connectivity index (χ2n) is 7.32. The second kappa shape index (κ2) is 8.90. The smallest absolute Gasteiger partial charge is 0.295 e. The van der Waals surface area contributed by atoms with Crippen molar-refractivity contribution in [3.63, 3.8) is 0 Å². The number of likely N-dealkylation sites (tertiary alicyclic amines) is 1. The summed E-state index contributed by atoms with van der Waals surface area (Å²) < 4.78 is 5.79. The highest BCUT2D eigenvalue weighted by Crippen LogP contribution is 2.40. The molecule has 1 aliphatic rings. The van der Waals surface area contributed by atoms with Crippen LogP contribution in [0.15, 0.2) is 54.4 Å². The average Bonchev–Trinajstić information content (AvgIpc) is 2.96. The number of aliphatic hydroxyl groups is 1. The minimum Gasteiger partial charge on any atom is -0.507 e. The molecule has 0 spiro atoms. The number of hydrogen-bond donors (Lipinski definition) is 1. The van der Waals surface area contributed by atoms with E-state index in [9.17, 15) is 14.7 Å². The number of Topliss-reactive ketones (excluding diaryl/α,β-unsaturated/α-hetero) is 1. The average molecular weight is 394 g/mol. The van der Waals surface area contributed by atoms with Gasteiger partial charge in [-0.2, -0.15) is 0 Å². The van der Waals surface area contributed by atoms with Crippen molar-refractivity contribution in [3.05, 3.63) is 65.5 Å². The molecule has 1 aromatic carbocycles. The Hall–Kier alpha value is -3.15. The van der Waals surface area contributed by atoms with E-state index in [1.807, 2.05) is 45.0 Å². The van der Waals surface area contributed by atoms with Crippen LogP contribution in [0.2, 0.25) is 0 Å². The Morgan fingerprint density at radius 1 is 1.21 bits per heavy atom. The van der Waals surface area contributed by atoms with Crippen molar-refractivity contribution < 1.29 is 19.4 Å². The lowest BCUT2D eigenvalue weighted by Crippen LogP contribution is -2.30. The molecule has 2 heterocycles. The van der Waals surface area contributed by atoms with Gasteiger partial charge in [0.2, 0.25) is 0 Å². The molecule has 0 saturated carbocycles. The molecule has 0 radical (unpaired) electrons. The lowest BCUT2D eigenvalue weighted by molar-refractivity contribution is -0.139. The number of nitrogens with zero attached hydrogens (tertiary/aromatic N) is 2. The normalized spacial score (nSPS) is 18.5. The van der Waals surface area contributed by atoms with Gasteiger partial charge in [0.25, 0.3) is 11.7 Å². The number of rotatable bonds is 7. The van der Waals surface area contributed by atoms with Crippen molar-refractivity contribution in [1.82, 2.24) is 9.88 Å². The van der Waals surface area contributed by atoms with E-state index < -0.39 is 17.7 Å². The van der Waals surface area contributed by atoms with Crippen LogP contribution in [0, 0.1) is 0 Å². The van der Waals surface area contributed by atoms with Crippen LogP contribution in [0.1, 0.15) is 50.8 Å². The number of carbonyl (C=O) groups excluding carboxylic acids is 2. The van der Waals surface area contributed by atoms with Gasteiger partial charge < -0.3 is 14.7 Å². The van der Waals surface area contributed by atoms with Crippen molar-refractivity contribution >= 4 is 17.4 Å². The molecule has 6 nitrogen and oxygen atoms in total. The molecule has 1 aliphatic heterocycles. The fourth-order valence-electron chi connectivity index (χ4n) is 3.48. The van der Waals surface area contributed by atoms with Crippen LogP contribution < -0.4 is 4.74 Å². The van der Waals surface area contributed by atoms with Gasteiger partial charge in [-0.05, 0) is 50.1 Å². The third-order valence-corrected chi connectivity index (χ3v) is 4.79. The van der Waals surface area contributed by atoms with E-state index in [1.54, 1.807) is 17.0 Å². The molecular weight excluding hydrogens is 368 g/mol. The lowest BCUT2D eigenvalue weighted by atomic mass is 9.95. The largest absolute Gasteiger partial charge is 0.507 e. The molecule has 1 amide bonds. The quantitative estimate of drug-likeness (QED) is 0.435. The predicted molar refractivity (Wildman–Crippen MR) is 110 cm³/mol. The summed E-state index contributed by atoms with van der Waals surface area (Å²) in [5, 5.41) is 10.9. The minimum atomic E-state index is -0.671. The maximum atomic E-state index is 12.9. The van der Waals surface area contributed by atoms with Crippen molar-refractivity contribution in [1.29, 1.82) is 0 Å². The van der Waals surface area contributed by atoms with Crippen LogP contribution in [0.3, 0.4) is 0 Å². The minimum absolute atomic E-state index is 0.00600. The van der Waals surface area contributed by atoms with Gasteiger partial charge in [0.15, 0.2) is 0 Å². The van der Waals surface area contributed by atoms with E-state index in [0.29, 0.717) is 17.9 Å². The number of ether oxygens (including phenoxy) is 1. The van der Waals surface area contributed by atoms with Crippen LogP contribution in [-0.2, 0) is 9.59 Å². The number of aliphatic hydroxyl groups excluding tert-OH is 1. The SMILES string of the molecule is CCCCN1C(=O)C(=O)/C(=C(\O)c2ccncc2)C1c1cccc(OC(C)C)c1. The predicted octanol–water partition coefficient (Wildman–Crippen LogP) is 4.09. The fourth-order valence-corrected chi connectivity index (χ4v) is 3.48. The Kier molecular flexibility index (Phi) is 6.32. The molecule has 1 atom stereocenters. The van der Waals surface area contributed by atoms with Crippen LogP contribution in [0.5, 0.6) is 5.75 Å². The Morgan fingerprint density at radius 3 is 2.59 bits per heavy atom. The van der Waals surface area contributed by atoms with Crippen molar-refractivity contribution in [3.8, 4) is 5.75 Å². The third-order valence-electron chi connectivity index (χ3n) is 4.79. The number of hydrogen-bond acceptors (Lipinski definition) is 5. The number of carbonyl (C=O) groups is 2. The molecule has 152 valence electrons. The van der Waals surface area contributed by atoms with Gasteiger partial charge in [0.1, 0.15) is 11.5 Å². The van der Waals surface area contributed by atoms with Crippen molar-refractivity contribution in [2.75, 3.05) is 6.54 Å². The molecule has 1 aromatic heterocycles. The molecule has 1 fully saturated rings. The van der Waals surface area contributed by atoms with E-state index in [0.717, 1.165) is 18.4 Å². The monoisotopic (exact) mass is 394 g/mol. The summed E-state index contributed by atoms with van der Waals surface area (Å²) in [6.45, 7) is 6.33. The lowest BCUT2D eigenvalue weighted by Gasteiger charge is -2.25. The zero-order valence-electron chi connectivity index (χ0n) is 17.0. The van der Waals surface area contributed by atoms with E-state index in [1.165, 1.54) is 12.4 Å². The highest BCUT2D eigenvalue weighted by Gasteiger charge is 2.45.